The fourth-order valence-corrected chi connectivity index (χ4v) is 6.13. The molecule has 2 aromatic rings. The van der Waals surface area contributed by atoms with Gasteiger partial charge < -0.3 is 10.2 Å². The van der Waals surface area contributed by atoms with E-state index < -0.39 is 10.0 Å². The smallest absolute Gasteiger partial charge is 0.243 e. The predicted molar refractivity (Wildman–Crippen MR) is 106 cm³/mol. The van der Waals surface area contributed by atoms with Gasteiger partial charge >= 0.3 is 0 Å². The maximum Gasteiger partial charge on any atom is 0.243 e. The summed E-state index contributed by atoms with van der Waals surface area (Å²) in [6.07, 6.45) is 2.59. The van der Waals surface area contributed by atoms with Crippen LogP contribution >= 0.6 is 0 Å². The highest BCUT2D eigenvalue weighted by molar-refractivity contribution is 7.89. The summed E-state index contributed by atoms with van der Waals surface area (Å²) >= 11 is 0. The molecule has 3 aliphatic heterocycles. The Labute approximate surface area is 164 Å². The lowest BCUT2D eigenvalue weighted by Crippen LogP contribution is -2.70. The second-order valence-corrected chi connectivity index (χ2v) is 9.22. The number of nitrogens with zero attached hydrogens (tertiary/aromatic N) is 4. The van der Waals surface area contributed by atoms with Gasteiger partial charge in [0, 0.05) is 44.0 Å². The largest absolute Gasteiger partial charge is 0.353 e. The molecule has 0 radical (unpaired) electrons. The van der Waals surface area contributed by atoms with Gasteiger partial charge in [-0.1, -0.05) is 0 Å². The average Bonchev–Trinajstić information content (AvgIpc) is 2.60. The van der Waals surface area contributed by atoms with Gasteiger partial charge in [0.15, 0.2) is 0 Å². The lowest BCUT2D eigenvalue weighted by molar-refractivity contribution is -0.114. The highest BCUT2D eigenvalue weighted by Crippen LogP contribution is 2.39. The number of sulfonamides is 1. The van der Waals surface area contributed by atoms with Crippen LogP contribution in [0.15, 0.2) is 35.4 Å². The van der Waals surface area contributed by atoms with Crippen LogP contribution in [0.5, 0.6) is 0 Å². The Morgan fingerprint density at radius 2 is 1.89 bits per heavy atom. The molecule has 2 bridgehead atoms. The molecule has 1 aromatic heterocycles. The highest BCUT2D eigenvalue weighted by Gasteiger charge is 2.51. The van der Waals surface area contributed by atoms with Gasteiger partial charge in [-0.2, -0.15) is 4.31 Å². The first-order chi connectivity index (χ1) is 13.3. The number of hydrogen-bond donors (Lipinski definition) is 1. The summed E-state index contributed by atoms with van der Waals surface area (Å²) in [5.74, 6) is 1.36. The minimum Gasteiger partial charge on any atom is -0.353 e. The van der Waals surface area contributed by atoms with Gasteiger partial charge in [0.2, 0.25) is 15.9 Å². The number of piperidine rings is 1. The van der Waals surface area contributed by atoms with Crippen LogP contribution in [0.4, 0.5) is 11.5 Å². The minimum atomic E-state index is -3.59. The van der Waals surface area contributed by atoms with Gasteiger partial charge in [-0.25, -0.2) is 18.4 Å². The molecule has 28 heavy (non-hydrogen) atoms. The van der Waals surface area contributed by atoms with E-state index in [2.05, 4.69) is 20.2 Å². The van der Waals surface area contributed by atoms with E-state index in [9.17, 15) is 13.2 Å². The van der Waals surface area contributed by atoms with Gasteiger partial charge in [-0.3, -0.25) is 4.79 Å². The molecular weight excluding hydrogens is 378 g/mol. The molecule has 1 amide bonds. The molecule has 3 aliphatic rings. The van der Waals surface area contributed by atoms with Crippen molar-refractivity contribution in [1.29, 1.82) is 0 Å². The molecule has 2 unspecified atom stereocenters. The van der Waals surface area contributed by atoms with E-state index in [-0.39, 0.29) is 18.0 Å². The summed E-state index contributed by atoms with van der Waals surface area (Å²) in [7, 11) is -3.59. The van der Waals surface area contributed by atoms with E-state index in [1.807, 2.05) is 13.0 Å². The third-order valence-corrected chi connectivity index (χ3v) is 7.43. The van der Waals surface area contributed by atoms with E-state index in [4.69, 9.17) is 0 Å². The van der Waals surface area contributed by atoms with Crippen molar-refractivity contribution in [3.8, 4) is 0 Å². The first kappa shape index (κ1) is 18.8. The van der Waals surface area contributed by atoms with Crippen molar-refractivity contribution in [3.63, 3.8) is 0 Å². The molecule has 4 heterocycles. The van der Waals surface area contributed by atoms with E-state index in [0.29, 0.717) is 35.1 Å². The number of piperazine rings is 1. The number of hydrogen-bond acceptors (Lipinski definition) is 6. The standard InChI is InChI=1S/C19H23N5O3S/c1-12-8-15(22-14(3)25)4-5-18(12)28(26,27)24-16-9-17(24)11-23(10-16)19-6-7-20-13(2)21-19/h4-8,16-17H,9-11H2,1-3H3,(H,22,25). The van der Waals surface area contributed by atoms with Crippen molar-refractivity contribution in [2.45, 2.75) is 44.2 Å². The van der Waals surface area contributed by atoms with Crippen LogP contribution in [0, 0.1) is 13.8 Å². The lowest BCUT2D eigenvalue weighted by atomic mass is 9.91. The zero-order chi connectivity index (χ0) is 20.1. The molecule has 3 fully saturated rings. The van der Waals surface area contributed by atoms with Crippen molar-refractivity contribution in [3.05, 3.63) is 41.9 Å². The number of fused-ring (bicyclic) bond motifs is 2. The summed E-state index contributed by atoms with van der Waals surface area (Å²) in [6, 6.07) is 6.64. The monoisotopic (exact) mass is 401 g/mol. The molecule has 0 aliphatic carbocycles. The zero-order valence-corrected chi connectivity index (χ0v) is 16.9. The number of rotatable bonds is 4. The highest BCUT2D eigenvalue weighted by atomic mass is 32.2. The van der Waals surface area contributed by atoms with E-state index in [1.54, 1.807) is 35.6 Å². The summed E-state index contributed by atoms with van der Waals surface area (Å²) in [4.78, 5) is 22.2. The number of carbonyl (C=O) groups is 1. The van der Waals surface area contributed by atoms with Crippen molar-refractivity contribution < 1.29 is 13.2 Å². The van der Waals surface area contributed by atoms with Crippen LogP contribution in [-0.2, 0) is 14.8 Å². The van der Waals surface area contributed by atoms with Gasteiger partial charge in [0.1, 0.15) is 11.6 Å². The van der Waals surface area contributed by atoms with Gasteiger partial charge in [-0.05, 0) is 50.1 Å². The Hall–Kier alpha value is -2.52. The first-order valence-electron chi connectivity index (χ1n) is 9.22. The van der Waals surface area contributed by atoms with Gasteiger partial charge in [0.05, 0.1) is 4.90 Å². The molecule has 0 saturated carbocycles. The third-order valence-electron chi connectivity index (χ3n) is 5.26. The van der Waals surface area contributed by atoms with E-state index >= 15 is 0 Å². The molecular formula is C19H23N5O3S. The normalized spacial score (nSPS) is 21.9. The third kappa shape index (κ3) is 3.24. The predicted octanol–water partition coefficient (Wildman–Crippen LogP) is 1.70. The molecule has 148 valence electrons. The van der Waals surface area contributed by atoms with Gasteiger partial charge in [-0.15, -0.1) is 0 Å². The molecule has 5 rings (SSSR count). The summed E-state index contributed by atoms with van der Waals surface area (Å²) < 4.78 is 28.2. The first-order valence-corrected chi connectivity index (χ1v) is 10.7. The molecule has 2 atom stereocenters. The lowest BCUT2D eigenvalue weighted by Gasteiger charge is -2.55. The van der Waals surface area contributed by atoms with E-state index in [0.717, 1.165) is 12.2 Å². The SMILES string of the molecule is CC(=O)Nc1ccc(S(=O)(=O)N2C3CC2CN(c2ccnc(C)n2)C3)c(C)c1. The summed E-state index contributed by atoms with van der Waals surface area (Å²) in [6.45, 7) is 6.26. The number of benzene rings is 1. The fraction of sp³-hybridized carbons (Fsp3) is 0.421. The van der Waals surface area contributed by atoms with Crippen LogP contribution in [-0.4, -0.2) is 53.8 Å². The molecule has 1 aromatic carbocycles. The Kier molecular flexibility index (Phi) is 4.59. The number of carbonyl (C=O) groups excluding carboxylic acids is 1. The number of aromatic nitrogens is 2. The number of amides is 1. The minimum absolute atomic E-state index is 0.0616. The average molecular weight is 401 g/mol. The summed E-state index contributed by atoms with van der Waals surface area (Å²) in [5.41, 5.74) is 1.22. The maximum absolute atomic E-state index is 13.3. The van der Waals surface area contributed by atoms with Crippen LogP contribution in [0.1, 0.15) is 24.7 Å². The number of nitrogens with one attached hydrogen (secondary N) is 1. The van der Waals surface area contributed by atoms with Crippen molar-refractivity contribution in [1.82, 2.24) is 14.3 Å². The second kappa shape index (κ2) is 6.82. The topological polar surface area (TPSA) is 95.5 Å². The molecule has 3 saturated heterocycles. The Morgan fingerprint density at radius 1 is 1.18 bits per heavy atom. The van der Waals surface area contributed by atoms with Crippen molar-refractivity contribution >= 4 is 27.4 Å². The Balaban J connectivity index is 1.55. The zero-order valence-electron chi connectivity index (χ0n) is 16.1. The van der Waals surface area contributed by atoms with Crippen molar-refractivity contribution in [2.24, 2.45) is 0 Å². The fourth-order valence-electron chi connectivity index (χ4n) is 4.11. The maximum atomic E-state index is 13.3. The Bertz CT molecular complexity index is 1030. The van der Waals surface area contributed by atoms with Crippen molar-refractivity contribution in [2.75, 3.05) is 23.3 Å². The van der Waals surface area contributed by atoms with Crippen LogP contribution in [0.3, 0.4) is 0 Å². The molecule has 1 N–H and O–H groups in total. The van der Waals surface area contributed by atoms with E-state index in [1.165, 1.54) is 6.92 Å². The quantitative estimate of drug-likeness (QED) is 0.838. The molecule has 8 nitrogen and oxygen atoms in total. The number of aryl methyl sites for hydroxylation is 2. The van der Waals surface area contributed by atoms with Crippen LogP contribution in [0.25, 0.3) is 0 Å². The second-order valence-electron chi connectivity index (χ2n) is 7.41. The van der Waals surface area contributed by atoms with Crippen LogP contribution < -0.4 is 10.2 Å². The summed E-state index contributed by atoms with van der Waals surface area (Å²) in [5, 5.41) is 2.68. The Morgan fingerprint density at radius 3 is 2.50 bits per heavy atom. The molecule has 9 heteroatoms. The molecule has 0 spiro atoms. The number of anilines is 2. The van der Waals surface area contributed by atoms with Gasteiger partial charge in [0.25, 0.3) is 0 Å². The van der Waals surface area contributed by atoms with Crippen LogP contribution in [0.2, 0.25) is 0 Å².